The zero-order chi connectivity index (χ0) is 17.4. The molecule has 0 aliphatic rings. The van der Waals surface area contributed by atoms with Crippen molar-refractivity contribution in [1.82, 2.24) is 9.13 Å². The summed E-state index contributed by atoms with van der Waals surface area (Å²) in [5.41, 5.74) is 1.74. The Morgan fingerprint density at radius 3 is 2.52 bits per heavy atom. The van der Waals surface area contributed by atoms with E-state index >= 15 is 0 Å². The van der Waals surface area contributed by atoms with E-state index in [2.05, 4.69) is 13.5 Å². The summed E-state index contributed by atoms with van der Waals surface area (Å²) < 4.78 is 9.51. The zero-order valence-electron chi connectivity index (χ0n) is 15.1. The standard InChI is InChI=1S/C17H24N2O2.C2H6/c1-5-7-10-13(9-6-2)21-15-12-8-11-14-16(15)19(4)17(20)18(14)3;1-2/h5,8,11-13H,1,6-7,9-10H2,2-4H3;1-2H3. The highest BCUT2D eigenvalue weighted by atomic mass is 16.5. The molecule has 0 spiro atoms. The number of ether oxygens (including phenoxy) is 1. The van der Waals surface area contributed by atoms with E-state index in [1.807, 2.05) is 38.1 Å². The van der Waals surface area contributed by atoms with Gasteiger partial charge in [-0.05, 0) is 31.4 Å². The predicted molar refractivity (Wildman–Crippen MR) is 98.3 cm³/mol. The van der Waals surface area contributed by atoms with E-state index in [0.717, 1.165) is 42.5 Å². The maximum Gasteiger partial charge on any atom is 0.328 e. The number of imidazole rings is 1. The SMILES string of the molecule is C=CCCC(CCC)Oc1cccc2c1n(C)c(=O)n2C.CC. The van der Waals surface area contributed by atoms with Crippen LogP contribution >= 0.6 is 0 Å². The van der Waals surface area contributed by atoms with Gasteiger partial charge in [0, 0.05) is 14.1 Å². The third-order valence-corrected chi connectivity index (χ3v) is 3.85. The molecule has 0 aliphatic heterocycles. The number of fused-ring (bicyclic) bond motifs is 1. The predicted octanol–water partition coefficient (Wildman–Crippen LogP) is 4.42. The third-order valence-electron chi connectivity index (χ3n) is 3.85. The van der Waals surface area contributed by atoms with Gasteiger partial charge in [0.25, 0.3) is 0 Å². The maximum atomic E-state index is 12.1. The molecular formula is C19H30N2O2. The van der Waals surface area contributed by atoms with Crippen LogP contribution in [0.3, 0.4) is 0 Å². The molecule has 0 N–H and O–H groups in total. The molecule has 0 aliphatic carbocycles. The van der Waals surface area contributed by atoms with E-state index in [1.54, 1.807) is 23.2 Å². The first kappa shape index (κ1) is 19.1. The first-order chi connectivity index (χ1) is 11.1. The van der Waals surface area contributed by atoms with Gasteiger partial charge in [0.15, 0.2) is 0 Å². The van der Waals surface area contributed by atoms with Gasteiger partial charge in [-0.15, -0.1) is 6.58 Å². The highest BCUT2D eigenvalue weighted by molar-refractivity contribution is 5.82. The average Bonchev–Trinajstić information content (AvgIpc) is 2.80. The van der Waals surface area contributed by atoms with Gasteiger partial charge in [0.1, 0.15) is 11.3 Å². The number of allylic oxidation sites excluding steroid dienone is 1. The topological polar surface area (TPSA) is 36.2 Å². The van der Waals surface area contributed by atoms with Crippen molar-refractivity contribution < 1.29 is 4.74 Å². The number of rotatable bonds is 7. The van der Waals surface area contributed by atoms with Gasteiger partial charge in [-0.3, -0.25) is 9.13 Å². The minimum atomic E-state index is -0.0285. The molecule has 1 aromatic heterocycles. The molecule has 4 nitrogen and oxygen atoms in total. The molecule has 2 rings (SSSR count). The summed E-state index contributed by atoms with van der Waals surface area (Å²) in [4.78, 5) is 12.1. The number of aryl methyl sites for hydroxylation is 2. The fourth-order valence-electron chi connectivity index (χ4n) is 2.70. The monoisotopic (exact) mass is 318 g/mol. The molecular weight excluding hydrogens is 288 g/mol. The Morgan fingerprint density at radius 1 is 1.22 bits per heavy atom. The summed E-state index contributed by atoms with van der Waals surface area (Å²) in [5.74, 6) is 0.787. The second-order valence-electron chi connectivity index (χ2n) is 5.42. The second kappa shape index (κ2) is 9.23. The number of hydrogen-bond acceptors (Lipinski definition) is 2. The minimum absolute atomic E-state index is 0.0285. The molecule has 1 atom stereocenters. The van der Waals surface area contributed by atoms with Crippen molar-refractivity contribution in [1.29, 1.82) is 0 Å². The van der Waals surface area contributed by atoms with E-state index < -0.39 is 0 Å². The van der Waals surface area contributed by atoms with E-state index in [0.29, 0.717) is 0 Å². The van der Waals surface area contributed by atoms with E-state index in [1.165, 1.54) is 0 Å². The van der Waals surface area contributed by atoms with Crippen molar-refractivity contribution in [3.05, 3.63) is 41.3 Å². The molecule has 1 aromatic carbocycles. The summed E-state index contributed by atoms with van der Waals surface area (Å²) >= 11 is 0. The minimum Gasteiger partial charge on any atom is -0.488 e. The summed E-state index contributed by atoms with van der Waals surface area (Å²) in [6.07, 6.45) is 6.05. The lowest BCUT2D eigenvalue weighted by atomic mass is 10.1. The summed E-state index contributed by atoms with van der Waals surface area (Å²) in [6, 6.07) is 5.83. The lowest BCUT2D eigenvalue weighted by Gasteiger charge is -2.19. The normalized spacial score (nSPS) is 11.7. The maximum absolute atomic E-state index is 12.1. The molecule has 1 heterocycles. The fourth-order valence-corrected chi connectivity index (χ4v) is 2.70. The zero-order valence-corrected chi connectivity index (χ0v) is 15.1. The number of para-hydroxylation sites is 1. The van der Waals surface area contributed by atoms with Crippen molar-refractivity contribution in [3.63, 3.8) is 0 Å². The smallest absolute Gasteiger partial charge is 0.328 e. The van der Waals surface area contributed by atoms with E-state index in [9.17, 15) is 4.79 Å². The van der Waals surface area contributed by atoms with Gasteiger partial charge in [-0.25, -0.2) is 4.79 Å². The molecule has 1 unspecified atom stereocenters. The quantitative estimate of drug-likeness (QED) is 0.709. The van der Waals surface area contributed by atoms with Crippen LogP contribution in [0.5, 0.6) is 5.75 Å². The van der Waals surface area contributed by atoms with Crippen LogP contribution in [0, 0.1) is 0 Å². The van der Waals surface area contributed by atoms with Crippen molar-refractivity contribution in [2.45, 2.75) is 52.6 Å². The van der Waals surface area contributed by atoms with Gasteiger partial charge >= 0.3 is 5.69 Å². The van der Waals surface area contributed by atoms with Crippen LogP contribution in [0.25, 0.3) is 11.0 Å². The van der Waals surface area contributed by atoms with Gasteiger partial charge in [0.05, 0.1) is 11.6 Å². The molecule has 128 valence electrons. The molecule has 0 radical (unpaired) electrons. The van der Waals surface area contributed by atoms with Gasteiger partial charge in [0.2, 0.25) is 0 Å². The molecule has 0 saturated heterocycles. The molecule has 0 fully saturated rings. The van der Waals surface area contributed by atoms with Crippen molar-refractivity contribution in [3.8, 4) is 5.75 Å². The summed E-state index contributed by atoms with van der Waals surface area (Å²) in [7, 11) is 3.58. The van der Waals surface area contributed by atoms with Crippen LogP contribution in [0.1, 0.15) is 46.5 Å². The average molecular weight is 318 g/mol. The highest BCUT2D eigenvalue weighted by Crippen LogP contribution is 2.26. The number of benzene rings is 1. The van der Waals surface area contributed by atoms with Crippen molar-refractivity contribution >= 4 is 11.0 Å². The third kappa shape index (κ3) is 4.27. The fraction of sp³-hybridized carbons (Fsp3) is 0.526. The summed E-state index contributed by atoms with van der Waals surface area (Å²) in [6.45, 7) is 9.93. The molecule has 4 heteroatoms. The lowest BCUT2D eigenvalue weighted by Crippen LogP contribution is -2.20. The van der Waals surface area contributed by atoms with Crippen LogP contribution in [-0.4, -0.2) is 15.2 Å². The van der Waals surface area contributed by atoms with Crippen LogP contribution in [0.2, 0.25) is 0 Å². The highest BCUT2D eigenvalue weighted by Gasteiger charge is 2.15. The van der Waals surface area contributed by atoms with Crippen molar-refractivity contribution in [2.24, 2.45) is 14.1 Å². The Hall–Kier alpha value is -1.97. The first-order valence-corrected chi connectivity index (χ1v) is 8.52. The molecule has 2 aromatic rings. The van der Waals surface area contributed by atoms with Crippen LogP contribution < -0.4 is 10.4 Å². The largest absolute Gasteiger partial charge is 0.488 e. The van der Waals surface area contributed by atoms with Crippen molar-refractivity contribution in [2.75, 3.05) is 0 Å². The second-order valence-corrected chi connectivity index (χ2v) is 5.42. The number of hydrogen-bond donors (Lipinski definition) is 0. The van der Waals surface area contributed by atoms with E-state index in [-0.39, 0.29) is 11.8 Å². The summed E-state index contributed by atoms with van der Waals surface area (Å²) in [5, 5.41) is 0. The molecule has 23 heavy (non-hydrogen) atoms. The van der Waals surface area contributed by atoms with E-state index in [4.69, 9.17) is 4.74 Å². The Labute approximate surface area is 139 Å². The van der Waals surface area contributed by atoms with Gasteiger partial charge in [-0.1, -0.05) is 39.3 Å². The molecule has 0 saturated carbocycles. The Morgan fingerprint density at radius 2 is 1.91 bits per heavy atom. The number of aromatic nitrogens is 2. The first-order valence-electron chi connectivity index (χ1n) is 8.52. The molecule has 0 amide bonds. The van der Waals surface area contributed by atoms with Gasteiger partial charge in [-0.2, -0.15) is 0 Å². The number of nitrogens with zero attached hydrogens (tertiary/aromatic N) is 2. The Kier molecular flexibility index (Phi) is 7.66. The molecule has 0 bridgehead atoms. The Bertz CT molecular complexity index is 682. The lowest BCUT2D eigenvalue weighted by molar-refractivity contribution is 0.183. The Balaban J connectivity index is 0.00000127. The van der Waals surface area contributed by atoms with Crippen LogP contribution in [-0.2, 0) is 14.1 Å². The van der Waals surface area contributed by atoms with Crippen LogP contribution in [0.15, 0.2) is 35.6 Å². The van der Waals surface area contributed by atoms with Crippen LogP contribution in [0.4, 0.5) is 0 Å². The van der Waals surface area contributed by atoms with Gasteiger partial charge < -0.3 is 4.74 Å².